The first-order chi connectivity index (χ1) is 9.95. The van der Waals surface area contributed by atoms with Crippen molar-refractivity contribution in [1.82, 2.24) is 5.32 Å². The van der Waals surface area contributed by atoms with Crippen molar-refractivity contribution in [1.29, 1.82) is 0 Å². The predicted molar refractivity (Wildman–Crippen MR) is 81.0 cm³/mol. The third-order valence-corrected chi connectivity index (χ3v) is 4.55. The molecule has 1 aliphatic heterocycles. The zero-order chi connectivity index (χ0) is 15.4. The fraction of sp³-hybridized carbons (Fsp3) is 0.600. The number of ether oxygens (including phenoxy) is 1. The molecule has 2 heterocycles. The van der Waals surface area contributed by atoms with Gasteiger partial charge in [-0.15, -0.1) is 11.3 Å². The molecule has 0 radical (unpaired) electrons. The highest BCUT2D eigenvalue weighted by Crippen LogP contribution is 2.21. The number of nitrogens with one attached hydrogen (secondary N) is 1. The second-order valence-electron chi connectivity index (χ2n) is 5.79. The largest absolute Gasteiger partial charge is 0.477 e. The lowest BCUT2D eigenvalue weighted by Crippen LogP contribution is -2.42. The average molecular weight is 311 g/mol. The molecule has 0 bridgehead atoms. The lowest BCUT2D eigenvalue weighted by molar-refractivity contribution is -0.00844. The molecule has 0 aliphatic carbocycles. The van der Waals surface area contributed by atoms with E-state index >= 15 is 0 Å². The first kappa shape index (κ1) is 16.0. The van der Waals surface area contributed by atoms with Gasteiger partial charge < -0.3 is 15.2 Å². The minimum absolute atomic E-state index is 0.102. The Balaban J connectivity index is 1.90. The molecule has 116 valence electrons. The Bertz CT molecular complexity index is 512. The van der Waals surface area contributed by atoms with Crippen molar-refractivity contribution in [2.45, 2.75) is 45.3 Å². The molecule has 21 heavy (non-hydrogen) atoms. The molecule has 5 nitrogen and oxygen atoms in total. The van der Waals surface area contributed by atoms with E-state index in [0.717, 1.165) is 30.6 Å². The molecule has 2 atom stereocenters. The minimum atomic E-state index is -0.998. The number of thiophene rings is 1. The molecule has 0 saturated carbocycles. The van der Waals surface area contributed by atoms with Gasteiger partial charge in [-0.25, -0.2) is 4.79 Å². The van der Waals surface area contributed by atoms with Crippen LogP contribution in [0.4, 0.5) is 0 Å². The fourth-order valence-electron chi connectivity index (χ4n) is 2.53. The summed E-state index contributed by atoms with van der Waals surface area (Å²) < 4.78 is 5.72. The Morgan fingerprint density at radius 3 is 2.76 bits per heavy atom. The van der Waals surface area contributed by atoms with E-state index in [1.807, 2.05) is 0 Å². The van der Waals surface area contributed by atoms with Crippen molar-refractivity contribution < 1.29 is 19.4 Å². The number of rotatable bonds is 5. The molecule has 2 rings (SSSR count). The van der Waals surface area contributed by atoms with Gasteiger partial charge in [-0.05, 0) is 37.3 Å². The van der Waals surface area contributed by atoms with Gasteiger partial charge in [0.05, 0.1) is 11.0 Å². The van der Waals surface area contributed by atoms with E-state index in [1.165, 1.54) is 6.07 Å². The standard InChI is InChI=1S/C15H21NO4S/c1-9(2)7-11-8-10(5-6-20-11)16-14(17)12-3-4-13(21-12)15(18)19/h3-4,9-11H,5-8H2,1-2H3,(H,16,17)(H,18,19). The number of carbonyl (C=O) groups is 2. The molecule has 1 aromatic rings. The van der Waals surface area contributed by atoms with Crippen molar-refractivity contribution in [2.75, 3.05) is 6.61 Å². The third-order valence-electron chi connectivity index (χ3n) is 3.48. The summed E-state index contributed by atoms with van der Waals surface area (Å²) in [5.41, 5.74) is 0. The Morgan fingerprint density at radius 1 is 1.43 bits per heavy atom. The van der Waals surface area contributed by atoms with E-state index in [9.17, 15) is 9.59 Å². The summed E-state index contributed by atoms with van der Waals surface area (Å²) in [5.74, 6) is -0.621. The monoisotopic (exact) mass is 311 g/mol. The Labute approximate surface area is 128 Å². The number of hydrogen-bond acceptors (Lipinski definition) is 4. The maximum absolute atomic E-state index is 12.1. The molecule has 0 aromatic carbocycles. The number of carboxylic acid groups (broad SMARTS) is 1. The van der Waals surface area contributed by atoms with Gasteiger partial charge in [0.2, 0.25) is 0 Å². The molecular weight excluding hydrogens is 290 g/mol. The molecule has 0 spiro atoms. The number of carboxylic acids is 1. The van der Waals surface area contributed by atoms with Crippen LogP contribution in [-0.2, 0) is 4.74 Å². The van der Waals surface area contributed by atoms with Gasteiger partial charge in [-0.3, -0.25) is 4.79 Å². The van der Waals surface area contributed by atoms with Crippen LogP contribution in [0.3, 0.4) is 0 Å². The second-order valence-corrected chi connectivity index (χ2v) is 6.87. The predicted octanol–water partition coefficient (Wildman–Crippen LogP) is 2.77. The third kappa shape index (κ3) is 4.54. The van der Waals surface area contributed by atoms with E-state index in [2.05, 4.69) is 19.2 Å². The van der Waals surface area contributed by atoms with Crippen molar-refractivity contribution in [3.8, 4) is 0 Å². The summed E-state index contributed by atoms with van der Waals surface area (Å²) >= 11 is 1.01. The molecule has 1 amide bonds. The van der Waals surface area contributed by atoms with Crippen molar-refractivity contribution >= 4 is 23.2 Å². The Hall–Kier alpha value is -1.40. The Morgan fingerprint density at radius 2 is 2.14 bits per heavy atom. The zero-order valence-electron chi connectivity index (χ0n) is 12.3. The van der Waals surface area contributed by atoms with Crippen molar-refractivity contribution in [3.05, 3.63) is 21.9 Å². The van der Waals surface area contributed by atoms with Crippen molar-refractivity contribution in [2.24, 2.45) is 5.92 Å². The molecule has 2 unspecified atom stereocenters. The summed E-state index contributed by atoms with van der Waals surface area (Å²) in [5, 5.41) is 11.9. The van der Waals surface area contributed by atoms with Gasteiger partial charge in [0.1, 0.15) is 4.88 Å². The number of amides is 1. The molecule has 6 heteroatoms. The van der Waals surface area contributed by atoms with Crippen LogP contribution in [0.2, 0.25) is 0 Å². The fourth-order valence-corrected chi connectivity index (χ4v) is 3.28. The van der Waals surface area contributed by atoms with E-state index < -0.39 is 5.97 Å². The summed E-state index contributed by atoms with van der Waals surface area (Å²) in [6.07, 6.45) is 2.81. The van der Waals surface area contributed by atoms with E-state index in [1.54, 1.807) is 6.07 Å². The van der Waals surface area contributed by atoms with Crippen LogP contribution in [0, 0.1) is 5.92 Å². The van der Waals surface area contributed by atoms with Crippen LogP contribution < -0.4 is 5.32 Å². The van der Waals surface area contributed by atoms with Gasteiger partial charge >= 0.3 is 5.97 Å². The highest BCUT2D eigenvalue weighted by atomic mass is 32.1. The van der Waals surface area contributed by atoms with Crippen LogP contribution in [0.5, 0.6) is 0 Å². The lowest BCUT2D eigenvalue weighted by atomic mass is 9.96. The maximum atomic E-state index is 12.1. The van der Waals surface area contributed by atoms with E-state index in [4.69, 9.17) is 9.84 Å². The minimum Gasteiger partial charge on any atom is -0.477 e. The summed E-state index contributed by atoms with van der Waals surface area (Å²) in [4.78, 5) is 23.6. The van der Waals surface area contributed by atoms with E-state index in [0.29, 0.717) is 17.4 Å². The average Bonchev–Trinajstić information content (AvgIpc) is 2.88. The van der Waals surface area contributed by atoms with Crippen LogP contribution >= 0.6 is 11.3 Å². The highest BCUT2D eigenvalue weighted by Gasteiger charge is 2.25. The van der Waals surface area contributed by atoms with Crippen LogP contribution in [-0.4, -0.2) is 35.7 Å². The van der Waals surface area contributed by atoms with Gasteiger partial charge in [0.15, 0.2) is 0 Å². The summed E-state index contributed by atoms with van der Waals surface area (Å²) in [6, 6.07) is 3.13. The smallest absolute Gasteiger partial charge is 0.345 e. The van der Waals surface area contributed by atoms with Crippen LogP contribution in [0.1, 0.15) is 52.5 Å². The van der Waals surface area contributed by atoms with E-state index in [-0.39, 0.29) is 22.9 Å². The van der Waals surface area contributed by atoms with Crippen LogP contribution in [0.25, 0.3) is 0 Å². The Kier molecular flexibility index (Phi) is 5.36. The quantitative estimate of drug-likeness (QED) is 0.876. The van der Waals surface area contributed by atoms with Gasteiger partial charge in [0.25, 0.3) is 5.91 Å². The molecular formula is C15H21NO4S. The lowest BCUT2D eigenvalue weighted by Gasteiger charge is -2.31. The second kappa shape index (κ2) is 7.04. The maximum Gasteiger partial charge on any atom is 0.345 e. The van der Waals surface area contributed by atoms with Crippen molar-refractivity contribution in [3.63, 3.8) is 0 Å². The summed E-state index contributed by atoms with van der Waals surface area (Å²) in [6.45, 7) is 4.97. The normalized spacial score (nSPS) is 22.2. The van der Waals surface area contributed by atoms with Gasteiger partial charge in [0, 0.05) is 12.6 Å². The first-order valence-corrected chi connectivity index (χ1v) is 8.03. The summed E-state index contributed by atoms with van der Waals surface area (Å²) in [7, 11) is 0. The number of carbonyl (C=O) groups excluding carboxylic acids is 1. The molecule has 2 N–H and O–H groups in total. The molecule has 1 aromatic heterocycles. The van der Waals surface area contributed by atoms with Gasteiger partial charge in [-0.2, -0.15) is 0 Å². The van der Waals surface area contributed by atoms with Gasteiger partial charge in [-0.1, -0.05) is 13.8 Å². The number of aromatic carboxylic acids is 1. The SMILES string of the molecule is CC(C)CC1CC(NC(=O)c2ccc(C(=O)O)s2)CCO1. The molecule has 1 aliphatic rings. The van der Waals surface area contributed by atoms with Crippen LogP contribution in [0.15, 0.2) is 12.1 Å². The number of hydrogen-bond donors (Lipinski definition) is 2. The molecule has 1 fully saturated rings. The zero-order valence-corrected chi connectivity index (χ0v) is 13.1. The molecule has 1 saturated heterocycles. The topological polar surface area (TPSA) is 75.6 Å². The first-order valence-electron chi connectivity index (χ1n) is 7.21. The highest BCUT2D eigenvalue weighted by molar-refractivity contribution is 7.15.